The largest absolute Gasteiger partial charge is 0.351 e. The quantitative estimate of drug-likeness (QED) is 0.609. The summed E-state index contributed by atoms with van der Waals surface area (Å²) >= 11 is 1.59. The molecule has 3 atom stereocenters. The Morgan fingerprint density at radius 2 is 2.03 bits per heavy atom. The van der Waals surface area contributed by atoms with E-state index in [0.717, 1.165) is 28.3 Å². The van der Waals surface area contributed by atoms with Crippen molar-refractivity contribution in [2.75, 3.05) is 16.4 Å². The summed E-state index contributed by atoms with van der Waals surface area (Å²) in [6, 6.07) is 7.38. The first-order valence-electron chi connectivity index (χ1n) is 10.1. The summed E-state index contributed by atoms with van der Waals surface area (Å²) in [6.07, 6.45) is 1.98. The molecule has 0 aliphatic carbocycles. The fourth-order valence-corrected chi connectivity index (χ4v) is 4.59. The van der Waals surface area contributed by atoms with Crippen LogP contribution in [-0.2, 0) is 11.8 Å². The molecule has 3 heterocycles. The molecule has 158 valence electrons. The van der Waals surface area contributed by atoms with Gasteiger partial charge >= 0.3 is 0 Å². The van der Waals surface area contributed by atoms with E-state index in [1.165, 1.54) is 0 Å². The van der Waals surface area contributed by atoms with Gasteiger partial charge in [0.05, 0.1) is 17.7 Å². The zero-order valence-corrected chi connectivity index (χ0v) is 18.7. The molecule has 1 amide bonds. The van der Waals surface area contributed by atoms with Crippen molar-refractivity contribution in [3.63, 3.8) is 0 Å². The van der Waals surface area contributed by atoms with E-state index in [1.807, 2.05) is 63.0 Å². The molecule has 9 heteroatoms. The van der Waals surface area contributed by atoms with Crippen molar-refractivity contribution < 1.29 is 4.79 Å². The molecule has 0 unspecified atom stereocenters. The molecule has 3 aromatic rings. The molecule has 0 saturated carbocycles. The number of thioether (sulfide) groups is 1. The number of carbonyl (C=O) groups excluding carboxylic acids is 1. The maximum atomic E-state index is 13.5. The highest BCUT2D eigenvalue weighted by Crippen LogP contribution is 2.38. The standard InChI is InChI=1S/C21H27N7OS/c1-6-30-21-24-20-22-14(4)17(19(29)23-16-10-8-7-9-12(16)2)18(28(20)26-21)15-11-27(5)25-13(15)3/h7-11,14,17-18H,6H2,1-5H3,(H,23,29)(H,22,24,26)/t14-,17+,18+/m1/s1. The lowest BCUT2D eigenvalue weighted by Gasteiger charge is -2.36. The number of para-hydroxylation sites is 1. The molecular formula is C21H27N7OS. The highest BCUT2D eigenvalue weighted by Gasteiger charge is 2.43. The summed E-state index contributed by atoms with van der Waals surface area (Å²) < 4.78 is 3.64. The first-order valence-corrected chi connectivity index (χ1v) is 11.1. The van der Waals surface area contributed by atoms with Crippen molar-refractivity contribution in [3.05, 3.63) is 47.3 Å². The second-order valence-electron chi connectivity index (χ2n) is 7.65. The van der Waals surface area contributed by atoms with Crippen molar-refractivity contribution in [1.29, 1.82) is 0 Å². The Hall–Kier alpha value is -2.81. The number of benzene rings is 1. The average Bonchev–Trinajstić information content (AvgIpc) is 3.24. The van der Waals surface area contributed by atoms with E-state index in [-0.39, 0.29) is 23.9 Å². The Morgan fingerprint density at radius 3 is 2.70 bits per heavy atom. The number of carbonyl (C=O) groups is 1. The van der Waals surface area contributed by atoms with E-state index in [1.54, 1.807) is 16.4 Å². The molecule has 2 N–H and O–H groups in total. The van der Waals surface area contributed by atoms with Crippen LogP contribution in [0.1, 0.15) is 36.7 Å². The summed E-state index contributed by atoms with van der Waals surface area (Å²) in [5, 5.41) is 16.5. The Labute approximate surface area is 180 Å². The van der Waals surface area contributed by atoms with Gasteiger partial charge < -0.3 is 10.6 Å². The van der Waals surface area contributed by atoms with Crippen LogP contribution in [0.3, 0.4) is 0 Å². The number of nitrogens with zero attached hydrogens (tertiary/aromatic N) is 5. The summed E-state index contributed by atoms with van der Waals surface area (Å²) in [5.74, 6) is 1.13. The lowest BCUT2D eigenvalue weighted by molar-refractivity contribution is -0.121. The summed E-state index contributed by atoms with van der Waals surface area (Å²) in [5.41, 5.74) is 3.72. The van der Waals surface area contributed by atoms with E-state index >= 15 is 0 Å². The number of aryl methyl sites for hydroxylation is 3. The fourth-order valence-electron chi connectivity index (χ4n) is 4.04. The Morgan fingerprint density at radius 1 is 1.27 bits per heavy atom. The number of rotatable bonds is 5. The van der Waals surface area contributed by atoms with Gasteiger partial charge in [-0.2, -0.15) is 10.1 Å². The van der Waals surface area contributed by atoms with Crippen LogP contribution in [0.2, 0.25) is 0 Å². The van der Waals surface area contributed by atoms with Gasteiger partial charge in [-0.05, 0) is 38.2 Å². The monoisotopic (exact) mass is 425 g/mol. The number of hydrogen-bond donors (Lipinski definition) is 2. The number of nitrogens with one attached hydrogen (secondary N) is 2. The van der Waals surface area contributed by atoms with E-state index in [2.05, 4.69) is 27.6 Å². The molecule has 2 aromatic heterocycles. The Balaban J connectivity index is 1.78. The molecule has 0 radical (unpaired) electrons. The van der Waals surface area contributed by atoms with Gasteiger partial charge in [0.2, 0.25) is 17.0 Å². The van der Waals surface area contributed by atoms with Gasteiger partial charge in [0.15, 0.2) is 0 Å². The zero-order chi connectivity index (χ0) is 21.4. The van der Waals surface area contributed by atoms with Crippen LogP contribution in [0.25, 0.3) is 0 Å². The van der Waals surface area contributed by atoms with Crippen molar-refractivity contribution >= 4 is 29.3 Å². The fraction of sp³-hybridized carbons (Fsp3) is 0.429. The third-order valence-corrected chi connectivity index (χ3v) is 6.18. The first-order chi connectivity index (χ1) is 14.4. The topological polar surface area (TPSA) is 89.7 Å². The van der Waals surface area contributed by atoms with Crippen molar-refractivity contribution in [1.82, 2.24) is 24.5 Å². The molecule has 1 aliphatic heterocycles. The number of amides is 1. The molecular weight excluding hydrogens is 398 g/mol. The minimum absolute atomic E-state index is 0.0524. The molecule has 8 nitrogen and oxygen atoms in total. The predicted octanol–water partition coefficient (Wildman–Crippen LogP) is 3.40. The minimum Gasteiger partial charge on any atom is -0.351 e. The van der Waals surface area contributed by atoms with E-state index in [0.29, 0.717) is 11.1 Å². The van der Waals surface area contributed by atoms with E-state index < -0.39 is 0 Å². The van der Waals surface area contributed by atoms with Gasteiger partial charge in [0, 0.05) is 30.5 Å². The molecule has 0 fully saturated rings. The van der Waals surface area contributed by atoms with E-state index in [9.17, 15) is 4.79 Å². The maximum absolute atomic E-state index is 13.5. The third-order valence-electron chi connectivity index (χ3n) is 5.46. The summed E-state index contributed by atoms with van der Waals surface area (Å²) in [4.78, 5) is 18.2. The number of anilines is 2. The van der Waals surface area contributed by atoms with E-state index in [4.69, 9.17) is 5.10 Å². The van der Waals surface area contributed by atoms with Crippen LogP contribution in [0, 0.1) is 19.8 Å². The van der Waals surface area contributed by atoms with Crippen LogP contribution in [0.5, 0.6) is 0 Å². The van der Waals surface area contributed by atoms with Crippen LogP contribution in [-0.4, -0.2) is 42.2 Å². The minimum atomic E-state index is -0.388. The summed E-state index contributed by atoms with van der Waals surface area (Å²) in [7, 11) is 1.89. The normalized spacial score (nSPS) is 20.5. The smallest absolute Gasteiger partial charge is 0.232 e. The van der Waals surface area contributed by atoms with Crippen LogP contribution in [0.4, 0.5) is 11.6 Å². The van der Waals surface area contributed by atoms with Crippen LogP contribution in [0.15, 0.2) is 35.6 Å². The molecule has 30 heavy (non-hydrogen) atoms. The highest BCUT2D eigenvalue weighted by molar-refractivity contribution is 7.99. The van der Waals surface area contributed by atoms with Gasteiger partial charge in [-0.1, -0.05) is 36.9 Å². The molecule has 1 aliphatic rings. The lowest BCUT2D eigenvalue weighted by atomic mass is 9.85. The Bertz CT molecular complexity index is 1070. The maximum Gasteiger partial charge on any atom is 0.232 e. The Kier molecular flexibility index (Phi) is 5.55. The molecule has 0 bridgehead atoms. The number of hydrogen-bond acceptors (Lipinski definition) is 6. The SMILES string of the molecule is CCSc1nc2n(n1)[C@@H](c1cn(C)nc1C)[C@@H](C(=O)Nc1ccccc1C)[C@@H](C)N2. The number of aromatic nitrogens is 5. The van der Waals surface area contributed by atoms with Crippen molar-refractivity contribution in [3.8, 4) is 0 Å². The molecule has 0 spiro atoms. The third kappa shape index (κ3) is 3.69. The molecule has 4 rings (SSSR count). The molecule has 0 saturated heterocycles. The van der Waals surface area contributed by atoms with Gasteiger partial charge in [-0.3, -0.25) is 9.48 Å². The summed E-state index contributed by atoms with van der Waals surface area (Å²) in [6.45, 7) is 8.05. The van der Waals surface area contributed by atoms with Gasteiger partial charge in [-0.25, -0.2) is 4.68 Å². The second-order valence-corrected chi connectivity index (χ2v) is 8.88. The molecule has 1 aromatic carbocycles. The number of fused-ring (bicyclic) bond motifs is 1. The average molecular weight is 426 g/mol. The zero-order valence-electron chi connectivity index (χ0n) is 17.9. The van der Waals surface area contributed by atoms with Crippen LogP contribution >= 0.6 is 11.8 Å². The van der Waals surface area contributed by atoms with Crippen LogP contribution < -0.4 is 10.6 Å². The van der Waals surface area contributed by atoms with Gasteiger partial charge in [0.25, 0.3) is 0 Å². The first kappa shape index (κ1) is 20.5. The lowest BCUT2D eigenvalue weighted by Crippen LogP contribution is -2.46. The second kappa shape index (κ2) is 8.14. The van der Waals surface area contributed by atoms with Gasteiger partial charge in [-0.15, -0.1) is 5.10 Å². The highest BCUT2D eigenvalue weighted by atomic mass is 32.2. The van der Waals surface area contributed by atoms with Crippen molar-refractivity contribution in [2.45, 2.75) is 44.9 Å². The predicted molar refractivity (Wildman–Crippen MR) is 119 cm³/mol. The van der Waals surface area contributed by atoms with Crippen molar-refractivity contribution in [2.24, 2.45) is 13.0 Å². The van der Waals surface area contributed by atoms with Gasteiger partial charge in [0.1, 0.15) is 0 Å².